The van der Waals surface area contributed by atoms with E-state index >= 15 is 0 Å². The molecule has 24 heavy (non-hydrogen) atoms. The van der Waals surface area contributed by atoms with E-state index in [1.807, 2.05) is 24.3 Å². The van der Waals surface area contributed by atoms with Crippen LogP contribution < -0.4 is 20.1 Å². The predicted octanol–water partition coefficient (Wildman–Crippen LogP) is 3.13. The summed E-state index contributed by atoms with van der Waals surface area (Å²) in [5.74, 6) is 1.08. The molecule has 0 atom stereocenters. The maximum Gasteiger partial charge on any atom is 0.238 e. The Morgan fingerprint density at radius 2 is 1.88 bits per heavy atom. The first kappa shape index (κ1) is 18.1. The van der Waals surface area contributed by atoms with Crippen molar-refractivity contribution in [3.05, 3.63) is 53.1 Å². The third-order valence-corrected chi connectivity index (χ3v) is 3.67. The van der Waals surface area contributed by atoms with Gasteiger partial charge in [0.15, 0.2) is 11.5 Å². The Balaban J connectivity index is 1.77. The fourth-order valence-electron chi connectivity index (χ4n) is 2.25. The number of carbonyl (C=O) groups excluding carboxylic acids is 1. The molecule has 2 rings (SSSR count). The number of nitrogens with one attached hydrogen (secondary N) is 2. The molecule has 2 aromatic carbocycles. The highest BCUT2D eigenvalue weighted by Crippen LogP contribution is 2.29. The molecule has 0 aliphatic carbocycles. The van der Waals surface area contributed by atoms with E-state index in [1.165, 1.54) is 0 Å². The minimum Gasteiger partial charge on any atom is -0.493 e. The Kier molecular flexibility index (Phi) is 6.90. The third-order valence-electron chi connectivity index (χ3n) is 3.43. The van der Waals surface area contributed by atoms with E-state index in [1.54, 1.807) is 32.4 Å². The number of benzene rings is 2. The second kappa shape index (κ2) is 9.15. The van der Waals surface area contributed by atoms with Crippen LogP contribution in [0.3, 0.4) is 0 Å². The molecule has 5 nitrogen and oxygen atoms in total. The van der Waals surface area contributed by atoms with Crippen LogP contribution in [0.5, 0.6) is 11.5 Å². The van der Waals surface area contributed by atoms with Crippen molar-refractivity contribution in [3.8, 4) is 11.5 Å². The number of amides is 1. The minimum atomic E-state index is -0.117. The van der Waals surface area contributed by atoms with Crippen LogP contribution in [-0.2, 0) is 11.2 Å². The molecule has 0 fully saturated rings. The molecule has 0 spiro atoms. The summed E-state index contributed by atoms with van der Waals surface area (Å²) in [4.78, 5) is 12.0. The van der Waals surface area contributed by atoms with Crippen molar-refractivity contribution in [2.75, 3.05) is 32.6 Å². The first-order valence-electron chi connectivity index (χ1n) is 7.59. The largest absolute Gasteiger partial charge is 0.493 e. The van der Waals surface area contributed by atoms with Crippen molar-refractivity contribution in [2.24, 2.45) is 0 Å². The van der Waals surface area contributed by atoms with E-state index < -0.39 is 0 Å². The molecule has 0 aromatic heterocycles. The van der Waals surface area contributed by atoms with Gasteiger partial charge in [0.25, 0.3) is 0 Å². The number of hydrogen-bond acceptors (Lipinski definition) is 4. The Morgan fingerprint density at radius 1 is 1.08 bits per heavy atom. The second-order valence-electron chi connectivity index (χ2n) is 5.17. The van der Waals surface area contributed by atoms with E-state index in [2.05, 4.69) is 10.6 Å². The number of hydrogen-bond donors (Lipinski definition) is 2. The third kappa shape index (κ3) is 5.44. The van der Waals surface area contributed by atoms with E-state index in [-0.39, 0.29) is 12.5 Å². The van der Waals surface area contributed by atoms with Gasteiger partial charge in [-0.25, -0.2) is 0 Å². The molecule has 6 heteroatoms. The lowest BCUT2D eigenvalue weighted by Gasteiger charge is -2.11. The Labute approximate surface area is 146 Å². The fourth-order valence-corrected chi connectivity index (χ4v) is 2.46. The average Bonchev–Trinajstić information content (AvgIpc) is 2.58. The van der Waals surface area contributed by atoms with Crippen LogP contribution in [0.2, 0.25) is 5.02 Å². The monoisotopic (exact) mass is 348 g/mol. The van der Waals surface area contributed by atoms with Crippen LogP contribution in [0.1, 0.15) is 5.56 Å². The van der Waals surface area contributed by atoms with Crippen LogP contribution >= 0.6 is 11.6 Å². The van der Waals surface area contributed by atoms with E-state index in [9.17, 15) is 4.79 Å². The van der Waals surface area contributed by atoms with Gasteiger partial charge in [0.2, 0.25) is 5.91 Å². The van der Waals surface area contributed by atoms with Crippen LogP contribution in [0, 0.1) is 0 Å². The van der Waals surface area contributed by atoms with Crippen LogP contribution in [0.25, 0.3) is 0 Å². The van der Waals surface area contributed by atoms with Gasteiger partial charge in [0, 0.05) is 16.8 Å². The number of ether oxygens (including phenoxy) is 2. The topological polar surface area (TPSA) is 59.6 Å². The zero-order chi connectivity index (χ0) is 17.4. The van der Waals surface area contributed by atoms with Gasteiger partial charge in [-0.05, 0) is 42.8 Å². The molecule has 0 saturated carbocycles. The van der Waals surface area contributed by atoms with Gasteiger partial charge < -0.3 is 20.1 Å². The fraction of sp³-hybridized carbons (Fsp3) is 0.278. The van der Waals surface area contributed by atoms with Crippen molar-refractivity contribution < 1.29 is 14.3 Å². The summed E-state index contributed by atoms with van der Waals surface area (Å²) in [6, 6.07) is 12.9. The molecule has 0 heterocycles. The van der Waals surface area contributed by atoms with Gasteiger partial charge >= 0.3 is 0 Å². The lowest BCUT2D eigenvalue weighted by molar-refractivity contribution is -0.115. The van der Waals surface area contributed by atoms with Crippen LogP contribution in [0.4, 0.5) is 5.69 Å². The van der Waals surface area contributed by atoms with Crippen molar-refractivity contribution in [3.63, 3.8) is 0 Å². The SMILES string of the molecule is COc1ccc(NC(=O)CNCCc2cccc(Cl)c2)cc1OC. The summed E-state index contributed by atoms with van der Waals surface area (Å²) in [6.45, 7) is 0.925. The normalized spacial score (nSPS) is 10.3. The molecule has 1 amide bonds. The van der Waals surface area contributed by atoms with Crippen molar-refractivity contribution >= 4 is 23.2 Å². The Hall–Kier alpha value is -2.24. The minimum absolute atomic E-state index is 0.117. The first-order valence-corrected chi connectivity index (χ1v) is 7.97. The molecule has 0 bridgehead atoms. The average molecular weight is 349 g/mol. The highest BCUT2D eigenvalue weighted by atomic mass is 35.5. The molecule has 0 aliphatic rings. The highest BCUT2D eigenvalue weighted by Gasteiger charge is 2.07. The van der Waals surface area contributed by atoms with Crippen LogP contribution in [-0.4, -0.2) is 33.2 Å². The van der Waals surface area contributed by atoms with Gasteiger partial charge in [-0.3, -0.25) is 4.79 Å². The van der Waals surface area contributed by atoms with Crippen molar-refractivity contribution in [1.82, 2.24) is 5.32 Å². The van der Waals surface area contributed by atoms with Gasteiger partial charge in [0.05, 0.1) is 20.8 Å². The second-order valence-corrected chi connectivity index (χ2v) is 5.61. The zero-order valence-corrected chi connectivity index (χ0v) is 14.5. The molecule has 128 valence electrons. The van der Waals surface area contributed by atoms with Gasteiger partial charge in [-0.2, -0.15) is 0 Å². The Morgan fingerprint density at radius 3 is 2.58 bits per heavy atom. The Bertz CT molecular complexity index is 692. The first-order chi connectivity index (χ1) is 11.6. The quantitative estimate of drug-likeness (QED) is 0.720. The van der Waals surface area contributed by atoms with Gasteiger partial charge in [-0.1, -0.05) is 23.7 Å². The van der Waals surface area contributed by atoms with Gasteiger partial charge in [-0.15, -0.1) is 0 Å². The molecule has 0 unspecified atom stereocenters. The number of carbonyl (C=O) groups is 1. The molecule has 2 aromatic rings. The number of halogens is 1. The molecule has 0 saturated heterocycles. The van der Waals surface area contributed by atoms with Crippen LogP contribution in [0.15, 0.2) is 42.5 Å². The number of methoxy groups -OCH3 is 2. The zero-order valence-electron chi connectivity index (χ0n) is 13.8. The maximum atomic E-state index is 12.0. The van der Waals surface area contributed by atoms with E-state index in [0.29, 0.717) is 23.7 Å². The van der Waals surface area contributed by atoms with Gasteiger partial charge in [0.1, 0.15) is 0 Å². The summed E-state index contributed by atoms with van der Waals surface area (Å²) in [6.07, 6.45) is 0.810. The summed E-state index contributed by atoms with van der Waals surface area (Å²) in [7, 11) is 3.13. The summed E-state index contributed by atoms with van der Waals surface area (Å²) in [5.41, 5.74) is 1.80. The molecular formula is C18H21ClN2O3. The summed E-state index contributed by atoms with van der Waals surface area (Å²) in [5, 5.41) is 6.65. The van der Waals surface area contributed by atoms with Crippen molar-refractivity contribution in [1.29, 1.82) is 0 Å². The van der Waals surface area contributed by atoms with E-state index in [4.69, 9.17) is 21.1 Å². The predicted molar refractivity (Wildman–Crippen MR) is 96.2 cm³/mol. The standard InChI is InChI=1S/C18H21ClN2O3/c1-23-16-7-6-15(11-17(16)24-2)21-18(22)12-20-9-8-13-4-3-5-14(19)10-13/h3-7,10-11,20H,8-9,12H2,1-2H3,(H,21,22). The molecule has 0 aliphatic heterocycles. The van der Waals surface area contributed by atoms with E-state index in [0.717, 1.165) is 17.0 Å². The lowest BCUT2D eigenvalue weighted by atomic mass is 10.1. The lowest BCUT2D eigenvalue weighted by Crippen LogP contribution is -2.29. The highest BCUT2D eigenvalue weighted by molar-refractivity contribution is 6.30. The summed E-state index contributed by atoms with van der Waals surface area (Å²) >= 11 is 5.94. The smallest absolute Gasteiger partial charge is 0.238 e. The molecule has 2 N–H and O–H groups in total. The van der Waals surface area contributed by atoms with Crippen molar-refractivity contribution in [2.45, 2.75) is 6.42 Å². The number of anilines is 1. The number of rotatable bonds is 8. The summed E-state index contributed by atoms with van der Waals surface area (Å²) < 4.78 is 10.4. The molecular weight excluding hydrogens is 328 g/mol. The molecule has 0 radical (unpaired) electrons. The maximum absolute atomic E-state index is 12.0.